The monoisotopic (exact) mass is 459 g/mol. The van der Waals surface area contributed by atoms with Crippen LogP contribution in [0.3, 0.4) is 0 Å². The maximum Gasteiger partial charge on any atom is 0.254 e. The molecule has 0 unspecified atom stereocenters. The topological polar surface area (TPSA) is 54.7 Å². The highest BCUT2D eigenvalue weighted by Gasteiger charge is 2.56. The number of imide groups is 1. The molecule has 8 rings (SSSR count). The molecule has 2 fully saturated rings. The van der Waals surface area contributed by atoms with E-state index >= 15 is 0 Å². The Bertz CT molecular complexity index is 1530. The fourth-order valence-corrected chi connectivity index (χ4v) is 6.41. The molecular formula is C30H25N3O2. The summed E-state index contributed by atoms with van der Waals surface area (Å²) in [6.45, 7) is 0.719. The van der Waals surface area contributed by atoms with Gasteiger partial charge in [-0.25, -0.2) is 0 Å². The molecule has 3 aromatic carbocycles. The minimum Gasteiger partial charge on any atom is -0.342 e. The molecule has 172 valence electrons. The van der Waals surface area contributed by atoms with Crippen molar-refractivity contribution in [3.05, 3.63) is 96.2 Å². The first kappa shape index (κ1) is 20.4. The molecule has 4 aromatic rings. The van der Waals surface area contributed by atoms with Crippen LogP contribution in [-0.4, -0.2) is 27.6 Å². The molecule has 4 aliphatic rings. The Kier molecular flexibility index (Phi) is 4.53. The zero-order valence-electron chi connectivity index (χ0n) is 19.2. The van der Waals surface area contributed by atoms with Crippen LogP contribution in [0, 0.1) is 23.7 Å². The largest absolute Gasteiger partial charge is 0.342 e. The highest BCUT2D eigenvalue weighted by Crippen LogP contribution is 2.49. The number of allylic oxidation sites excluding steroid dienone is 2. The van der Waals surface area contributed by atoms with Gasteiger partial charge in [0.05, 0.1) is 18.1 Å². The summed E-state index contributed by atoms with van der Waals surface area (Å²) in [6, 6.07) is 23.0. The molecule has 1 aliphatic heterocycles. The Morgan fingerprint density at radius 3 is 2.20 bits per heavy atom. The van der Waals surface area contributed by atoms with Crippen molar-refractivity contribution >= 4 is 39.7 Å². The van der Waals surface area contributed by atoms with Crippen LogP contribution in [0.5, 0.6) is 0 Å². The van der Waals surface area contributed by atoms with Crippen molar-refractivity contribution in [3.8, 4) is 0 Å². The van der Waals surface area contributed by atoms with E-state index in [1.807, 2.05) is 12.1 Å². The van der Waals surface area contributed by atoms with Crippen LogP contribution >= 0.6 is 0 Å². The van der Waals surface area contributed by atoms with Crippen molar-refractivity contribution in [2.24, 2.45) is 28.8 Å². The average Bonchev–Trinajstić information content (AvgIpc) is 3.39. The van der Waals surface area contributed by atoms with Gasteiger partial charge in [0.25, 0.3) is 11.8 Å². The predicted molar refractivity (Wildman–Crippen MR) is 137 cm³/mol. The molecule has 2 heterocycles. The number of rotatable bonds is 4. The Morgan fingerprint density at radius 2 is 1.46 bits per heavy atom. The third kappa shape index (κ3) is 3.11. The number of fused-ring (bicyclic) bond motifs is 3. The van der Waals surface area contributed by atoms with E-state index in [1.54, 1.807) is 6.21 Å². The average molecular weight is 460 g/mol. The number of carbonyl (C=O) groups is 2. The third-order valence-corrected chi connectivity index (χ3v) is 8.09. The smallest absolute Gasteiger partial charge is 0.254 e. The third-order valence-electron chi connectivity index (χ3n) is 8.09. The molecule has 1 saturated heterocycles. The molecule has 35 heavy (non-hydrogen) atoms. The first-order chi connectivity index (χ1) is 17.2. The Hall–Kier alpha value is -3.99. The quantitative estimate of drug-likeness (QED) is 0.234. The normalized spacial score (nSPS) is 25.4. The van der Waals surface area contributed by atoms with Crippen molar-refractivity contribution in [1.82, 2.24) is 9.58 Å². The molecule has 0 radical (unpaired) electrons. The number of hydrogen-bond donors (Lipinski definition) is 0. The lowest BCUT2D eigenvalue weighted by atomic mass is 9.63. The van der Waals surface area contributed by atoms with E-state index in [0.717, 1.165) is 40.9 Å². The van der Waals surface area contributed by atoms with Gasteiger partial charge in [0.2, 0.25) is 0 Å². The molecule has 1 aromatic heterocycles. The van der Waals surface area contributed by atoms with Gasteiger partial charge in [-0.3, -0.25) is 9.59 Å². The van der Waals surface area contributed by atoms with Crippen LogP contribution in [0.2, 0.25) is 0 Å². The fraction of sp³-hybridized carbons (Fsp3) is 0.233. The Balaban J connectivity index is 1.23. The molecule has 2 amide bonds. The molecule has 2 bridgehead atoms. The number of para-hydroxylation sites is 1. The molecule has 5 heteroatoms. The summed E-state index contributed by atoms with van der Waals surface area (Å²) < 4.78 is 2.22. The van der Waals surface area contributed by atoms with Gasteiger partial charge >= 0.3 is 0 Å². The van der Waals surface area contributed by atoms with Crippen molar-refractivity contribution in [2.75, 3.05) is 0 Å². The second-order valence-electron chi connectivity index (χ2n) is 9.94. The van der Waals surface area contributed by atoms with Gasteiger partial charge in [-0.2, -0.15) is 10.1 Å². The van der Waals surface area contributed by atoms with Gasteiger partial charge in [0.15, 0.2) is 0 Å². The molecule has 3 aliphatic carbocycles. The predicted octanol–water partition coefficient (Wildman–Crippen LogP) is 5.37. The zero-order chi connectivity index (χ0) is 23.5. The first-order valence-corrected chi connectivity index (χ1v) is 12.3. The summed E-state index contributed by atoms with van der Waals surface area (Å²) in [7, 11) is 0. The van der Waals surface area contributed by atoms with Crippen LogP contribution in [0.4, 0.5) is 0 Å². The lowest BCUT2D eigenvalue weighted by molar-refractivity contribution is -0.140. The number of hydrazone groups is 1. The van der Waals surface area contributed by atoms with Gasteiger partial charge in [0.1, 0.15) is 0 Å². The molecule has 1 saturated carbocycles. The van der Waals surface area contributed by atoms with E-state index in [-0.39, 0.29) is 35.5 Å². The van der Waals surface area contributed by atoms with E-state index in [9.17, 15) is 9.59 Å². The summed E-state index contributed by atoms with van der Waals surface area (Å²) >= 11 is 0. The summed E-state index contributed by atoms with van der Waals surface area (Å²) in [5.74, 6) is -0.426. The van der Waals surface area contributed by atoms with Crippen molar-refractivity contribution in [2.45, 2.75) is 19.4 Å². The minimum absolute atomic E-state index is 0.144. The van der Waals surface area contributed by atoms with Gasteiger partial charge < -0.3 is 4.57 Å². The minimum atomic E-state index is -0.240. The maximum absolute atomic E-state index is 13.1. The van der Waals surface area contributed by atoms with Gasteiger partial charge in [-0.1, -0.05) is 72.8 Å². The van der Waals surface area contributed by atoms with E-state index in [2.05, 4.69) is 82.6 Å². The number of aromatic nitrogens is 1. The van der Waals surface area contributed by atoms with Crippen LogP contribution in [-0.2, 0) is 16.1 Å². The second-order valence-corrected chi connectivity index (χ2v) is 9.94. The highest BCUT2D eigenvalue weighted by atomic mass is 16.2. The van der Waals surface area contributed by atoms with Crippen LogP contribution < -0.4 is 0 Å². The standard InChI is InChI=1S/C30H25N3O2/c34-29-27-20-12-13-21(15-14-20)28(27)30(35)33(29)31-16-23-18-32(26-11-4-3-10-25(23)26)17-22-8-5-7-19-6-1-2-9-24(19)22/h1-13,16,18,20-21,27-28H,14-15,17H2/b31-16-/t20-,21-,27-,28+/m0/s1. The number of amides is 2. The Labute approximate surface area is 203 Å². The molecule has 5 nitrogen and oxygen atoms in total. The summed E-state index contributed by atoms with van der Waals surface area (Å²) in [5, 5.41) is 9.12. The van der Waals surface area contributed by atoms with Gasteiger partial charge in [-0.15, -0.1) is 0 Å². The lowest BCUT2D eigenvalue weighted by Crippen LogP contribution is -2.38. The number of benzene rings is 3. The first-order valence-electron chi connectivity index (χ1n) is 12.3. The van der Waals surface area contributed by atoms with Gasteiger partial charge in [0, 0.05) is 29.2 Å². The fourth-order valence-electron chi connectivity index (χ4n) is 6.41. The maximum atomic E-state index is 13.1. The lowest BCUT2D eigenvalue weighted by Gasteiger charge is -2.37. The zero-order valence-corrected chi connectivity index (χ0v) is 19.2. The summed E-state index contributed by atoms with van der Waals surface area (Å²) in [6.07, 6.45) is 9.99. The van der Waals surface area contributed by atoms with Crippen molar-refractivity contribution < 1.29 is 9.59 Å². The Morgan fingerprint density at radius 1 is 0.800 bits per heavy atom. The molecule has 0 N–H and O–H groups in total. The van der Waals surface area contributed by atoms with E-state index in [4.69, 9.17) is 0 Å². The van der Waals surface area contributed by atoms with Crippen LogP contribution in [0.25, 0.3) is 21.7 Å². The van der Waals surface area contributed by atoms with Crippen LogP contribution in [0.15, 0.2) is 90.2 Å². The SMILES string of the molecule is O=C1[C@@H]2[C@H](C(=O)N1/N=C\c1cn(Cc3cccc4ccccc34)c3ccccc13)[C@H]1C=C[C@H]2CC1. The van der Waals surface area contributed by atoms with Crippen LogP contribution in [0.1, 0.15) is 24.0 Å². The number of hydrogen-bond acceptors (Lipinski definition) is 3. The van der Waals surface area contributed by atoms with Crippen molar-refractivity contribution in [1.29, 1.82) is 0 Å². The van der Waals surface area contributed by atoms with E-state index < -0.39 is 0 Å². The highest BCUT2D eigenvalue weighted by molar-refractivity contribution is 6.07. The van der Waals surface area contributed by atoms with E-state index in [0.29, 0.717) is 0 Å². The molecule has 4 atom stereocenters. The molecular weight excluding hydrogens is 434 g/mol. The second kappa shape index (κ2) is 7.77. The number of carbonyl (C=O) groups excluding carboxylic acids is 2. The van der Waals surface area contributed by atoms with Gasteiger partial charge in [-0.05, 0) is 47.1 Å². The van der Waals surface area contributed by atoms with E-state index in [1.165, 1.54) is 16.3 Å². The molecule has 0 spiro atoms. The number of nitrogens with zero attached hydrogens (tertiary/aromatic N) is 3. The summed E-state index contributed by atoms with van der Waals surface area (Å²) in [5.41, 5.74) is 3.23. The van der Waals surface area contributed by atoms with Crippen molar-refractivity contribution in [3.63, 3.8) is 0 Å². The summed E-state index contributed by atoms with van der Waals surface area (Å²) in [4.78, 5) is 26.3.